The molecule has 3 nitrogen and oxygen atoms in total. The third kappa shape index (κ3) is 4.68. The molecule has 1 N–H and O–H groups in total. The maximum absolute atomic E-state index is 14.2. The van der Waals surface area contributed by atoms with E-state index >= 15 is 0 Å². The quantitative estimate of drug-likeness (QED) is 0.337. The number of aliphatic hydroxyl groups is 1. The number of rotatable bonds is 4. The topological polar surface area (TPSA) is 38.7 Å². The van der Waals surface area contributed by atoms with Crippen LogP contribution in [-0.4, -0.2) is 41.8 Å². The Balaban J connectivity index is 1.50. The highest BCUT2D eigenvalue weighted by molar-refractivity contribution is 5.20. The minimum atomic E-state index is -5.75. The lowest BCUT2D eigenvalue weighted by molar-refractivity contribution is -0.341. The fourth-order valence-corrected chi connectivity index (χ4v) is 6.91. The molecule has 0 bridgehead atoms. The van der Waals surface area contributed by atoms with Gasteiger partial charge in [-0.3, -0.25) is 0 Å². The van der Waals surface area contributed by atoms with E-state index in [1.807, 2.05) is 0 Å². The van der Waals surface area contributed by atoms with Gasteiger partial charge in [0.05, 0.1) is 13.2 Å². The first kappa shape index (κ1) is 26.3. The predicted octanol–water partition coefficient (Wildman–Crippen LogP) is 7.04. The number of hydrogen-bond donors (Lipinski definition) is 1. The van der Waals surface area contributed by atoms with E-state index in [0.717, 1.165) is 44.9 Å². The lowest BCUT2D eigenvalue weighted by Gasteiger charge is -2.52. The van der Waals surface area contributed by atoms with Crippen LogP contribution in [-0.2, 0) is 9.47 Å². The van der Waals surface area contributed by atoms with Gasteiger partial charge < -0.3 is 14.6 Å². The Morgan fingerprint density at radius 3 is 2.15 bits per heavy atom. The average molecular weight is 495 g/mol. The summed E-state index contributed by atoms with van der Waals surface area (Å²) in [5.74, 6) is -5.43. The normalized spacial score (nSPS) is 39.4. The van der Waals surface area contributed by atoms with Crippen molar-refractivity contribution in [2.24, 2.45) is 29.1 Å². The van der Waals surface area contributed by atoms with Gasteiger partial charge in [-0.1, -0.05) is 38.8 Å². The number of allylic oxidation sites excluding steroid dienone is 2. The molecule has 1 spiro atoms. The van der Waals surface area contributed by atoms with Crippen LogP contribution in [0.3, 0.4) is 0 Å². The van der Waals surface area contributed by atoms with Crippen molar-refractivity contribution in [1.82, 2.24) is 0 Å². The molecule has 5 atom stereocenters. The Kier molecular flexibility index (Phi) is 6.96. The molecule has 34 heavy (non-hydrogen) atoms. The highest BCUT2D eigenvalue weighted by Gasteiger charge is 2.71. The molecular weight excluding hydrogens is 455 g/mol. The van der Waals surface area contributed by atoms with Gasteiger partial charge in [-0.05, 0) is 68.6 Å². The Hall–Kier alpha value is -0.730. The summed E-state index contributed by atoms with van der Waals surface area (Å²) in [6.45, 7) is 7.62. The van der Waals surface area contributed by atoms with Crippen molar-refractivity contribution >= 4 is 0 Å². The molecule has 0 aromatic heterocycles. The first-order valence-electron chi connectivity index (χ1n) is 12.9. The molecule has 4 rings (SSSR count). The van der Waals surface area contributed by atoms with Gasteiger partial charge in [0.1, 0.15) is 5.60 Å². The zero-order valence-electron chi connectivity index (χ0n) is 20.5. The number of alkyl halides is 5. The highest BCUT2D eigenvalue weighted by atomic mass is 19.4. The predicted molar refractivity (Wildman–Crippen MR) is 118 cm³/mol. The van der Waals surface area contributed by atoms with Crippen LogP contribution < -0.4 is 0 Å². The zero-order valence-corrected chi connectivity index (χ0v) is 20.5. The first-order valence-corrected chi connectivity index (χ1v) is 12.9. The van der Waals surface area contributed by atoms with Gasteiger partial charge in [0, 0.05) is 18.3 Å². The summed E-state index contributed by atoms with van der Waals surface area (Å²) >= 11 is 0. The van der Waals surface area contributed by atoms with E-state index in [2.05, 4.69) is 26.8 Å². The third-order valence-electron chi connectivity index (χ3n) is 8.84. The Bertz CT molecular complexity index is 767. The van der Waals surface area contributed by atoms with E-state index < -0.39 is 36.3 Å². The van der Waals surface area contributed by atoms with Gasteiger partial charge in [0.25, 0.3) is 0 Å². The molecule has 8 heteroatoms. The minimum Gasteiger partial charge on any atom is -0.383 e. The van der Waals surface area contributed by atoms with Crippen LogP contribution >= 0.6 is 0 Å². The third-order valence-corrected chi connectivity index (χ3v) is 8.84. The maximum atomic E-state index is 14.2. The Morgan fingerprint density at radius 2 is 1.53 bits per heavy atom. The summed E-state index contributed by atoms with van der Waals surface area (Å²) in [5, 5.41) is 10.4. The number of ether oxygens (including phenoxy) is 2. The van der Waals surface area contributed by atoms with Crippen LogP contribution in [0.5, 0.6) is 0 Å². The Labute approximate surface area is 199 Å². The van der Waals surface area contributed by atoms with E-state index in [1.54, 1.807) is 0 Å². The molecule has 0 aromatic carbocycles. The monoisotopic (exact) mass is 494 g/mol. The summed E-state index contributed by atoms with van der Waals surface area (Å²) in [6.07, 6.45) is 1.49. The highest BCUT2D eigenvalue weighted by Crippen LogP contribution is 2.58. The van der Waals surface area contributed by atoms with Gasteiger partial charge >= 0.3 is 12.1 Å². The van der Waals surface area contributed by atoms with Gasteiger partial charge in [0.2, 0.25) is 0 Å². The van der Waals surface area contributed by atoms with E-state index in [4.69, 9.17) is 9.47 Å². The van der Waals surface area contributed by atoms with Gasteiger partial charge in [-0.25, -0.2) is 0 Å². The van der Waals surface area contributed by atoms with Gasteiger partial charge in [0.15, 0.2) is 5.79 Å². The van der Waals surface area contributed by atoms with Crippen LogP contribution in [0.15, 0.2) is 11.6 Å². The fraction of sp³-hybridized carbons (Fsp3) is 0.923. The average Bonchev–Trinajstić information content (AvgIpc) is 3.17. The molecular formula is C26H39F5O3. The molecule has 1 saturated heterocycles. The molecule has 3 aliphatic carbocycles. The van der Waals surface area contributed by atoms with Crippen LogP contribution in [0.4, 0.5) is 22.0 Å². The molecule has 1 heterocycles. The lowest BCUT2D eigenvalue weighted by Crippen LogP contribution is -2.56. The summed E-state index contributed by atoms with van der Waals surface area (Å²) in [4.78, 5) is 0. The standard InChI is InChI=1S/C26H39F5O3/c1-4-5-6-21-19(18-9-11-23(32,13-18)25(27,28)26(29,30)31)8-7-17-14-24(12-10-20(17)21)33-15-22(2,3)16-34-24/h6,17-20,32H,4-5,7-16H2,1-3H3/b21-6+/t17?,18?,19?,20?,23-/m0/s1. The SMILES string of the molecule is CCC/C=C1/C2CCC3(CC2CCC1C1CC[C@@](O)(C(F)(F)C(F)(F)F)C1)OCC(C)(C)CO3. The number of unbranched alkanes of at least 4 members (excludes halogenated alkanes) is 1. The maximum Gasteiger partial charge on any atom is 0.456 e. The smallest absolute Gasteiger partial charge is 0.383 e. The molecule has 196 valence electrons. The number of halogens is 5. The molecule has 0 amide bonds. The molecule has 4 fully saturated rings. The van der Waals surface area contributed by atoms with Crippen molar-refractivity contribution in [3.05, 3.63) is 11.6 Å². The van der Waals surface area contributed by atoms with E-state index in [0.29, 0.717) is 19.1 Å². The molecule has 4 aliphatic rings. The van der Waals surface area contributed by atoms with E-state index in [9.17, 15) is 27.1 Å². The van der Waals surface area contributed by atoms with Crippen molar-refractivity contribution < 1.29 is 36.5 Å². The molecule has 0 radical (unpaired) electrons. The summed E-state index contributed by atoms with van der Waals surface area (Å²) in [6, 6.07) is 0. The zero-order chi connectivity index (χ0) is 25.0. The van der Waals surface area contributed by atoms with Crippen LogP contribution in [0.25, 0.3) is 0 Å². The number of hydrogen-bond acceptors (Lipinski definition) is 3. The van der Waals surface area contributed by atoms with E-state index in [1.165, 1.54) is 5.57 Å². The molecule has 0 aromatic rings. The van der Waals surface area contributed by atoms with Crippen LogP contribution in [0, 0.1) is 29.1 Å². The Morgan fingerprint density at radius 1 is 0.912 bits per heavy atom. The van der Waals surface area contributed by atoms with Crippen molar-refractivity contribution in [2.75, 3.05) is 13.2 Å². The summed E-state index contributed by atoms with van der Waals surface area (Å²) in [5.41, 5.74) is -1.81. The lowest BCUT2D eigenvalue weighted by atomic mass is 9.60. The fourth-order valence-electron chi connectivity index (χ4n) is 6.91. The van der Waals surface area contributed by atoms with Crippen molar-refractivity contribution in [1.29, 1.82) is 0 Å². The second-order valence-electron chi connectivity index (χ2n) is 12.0. The number of fused-ring (bicyclic) bond motifs is 1. The first-order chi connectivity index (χ1) is 15.7. The molecule has 1 aliphatic heterocycles. The molecule has 3 saturated carbocycles. The van der Waals surface area contributed by atoms with Gasteiger partial charge in [-0.15, -0.1) is 0 Å². The van der Waals surface area contributed by atoms with Crippen molar-refractivity contribution in [3.8, 4) is 0 Å². The van der Waals surface area contributed by atoms with Crippen LogP contribution in [0.2, 0.25) is 0 Å². The second kappa shape index (κ2) is 8.98. The van der Waals surface area contributed by atoms with Gasteiger partial charge in [-0.2, -0.15) is 22.0 Å². The summed E-state index contributed by atoms with van der Waals surface area (Å²) < 4.78 is 80.0. The van der Waals surface area contributed by atoms with Crippen molar-refractivity contribution in [2.45, 2.75) is 108 Å². The minimum absolute atomic E-state index is 0.0102. The second-order valence-corrected chi connectivity index (χ2v) is 12.0. The van der Waals surface area contributed by atoms with E-state index in [-0.39, 0.29) is 29.6 Å². The van der Waals surface area contributed by atoms with Crippen LogP contribution in [0.1, 0.15) is 85.0 Å². The largest absolute Gasteiger partial charge is 0.456 e. The molecule has 4 unspecified atom stereocenters. The summed E-state index contributed by atoms with van der Waals surface area (Å²) in [7, 11) is 0. The van der Waals surface area contributed by atoms with Crippen molar-refractivity contribution in [3.63, 3.8) is 0 Å².